The van der Waals surface area contributed by atoms with E-state index >= 15 is 0 Å². The van der Waals surface area contributed by atoms with E-state index < -0.39 is 0 Å². The van der Waals surface area contributed by atoms with Gasteiger partial charge >= 0.3 is 0 Å². The summed E-state index contributed by atoms with van der Waals surface area (Å²) in [5, 5.41) is 0. The number of likely N-dealkylation sites (N-methyl/N-ethyl adjacent to an activating group) is 2. The Bertz CT molecular complexity index is 230. The van der Waals surface area contributed by atoms with E-state index in [0.29, 0.717) is 6.04 Å². The summed E-state index contributed by atoms with van der Waals surface area (Å²) in [6.45, 7) is 7.36. The van der Waals surface area contributed by atoms with Gasteiger partial charge in [-0.15, -0.1) is 0 Å². The molecular weight excluding hydrogens is 224 g/mol. The van der Waals surface area contributed by atoms with Crippen molar-refractivity contribution in [1.29, 1.82) is 0 Å². The van der Waals surface area contributed by atoms with Gasteiger partial charge in [0, 0.05) is 51.4 Å². The zero-order chi connectivity index (χ0) is 13.0. The molecule has 1 saturated heterocycles. The Morgan fingerprint density at radius 3 is 2.28 bits per heavy atom. The van der Waals surface area contributed by atoms with Crippen LogP contribution in [0.1, 0.15) is 25.7 Å². The van der Waals surface area contributed by atoms with Crippen LogP contribution in [0.15, 0.2) is 0 Å². The second kappa shape index (κ2) is 6.85. The van der Waals surface area contributed by atoms with Crippen molar-refractivity contribution in [2.24, 2.45) is 5.73 Å². The Hall–Kier alpha value is -0.160. The number of hydrogen-bond donors (Lipinski definition) is 1. The molecule has 2 fully saturated rings. The van der Waals surface area contributed by atoms with E-state index in [4.69, 9.17) is 5.73 Å². The number of nitrogens with two attached hydrogens (primary N) is 1. The Kier molecular flexibility index (Phi) is 5.42. The van der Waals surface area contributed by atoms with Gasteiger partial charge in [0.1, 0.15) is 0 Å². The van der Waals surface area contributed by atoms with E-state index in [1.165, 1.54) is 65.0 Å². The van der Waals surface area contributed by atoms with E-state index in [-0.39, 0.29) is 0 Å². The molecule has 0 aromatic carbocycles. The average molecular weight is 254 g/mol. The molecular formula is C14H30N4. The third kappa shape index (κ3) is 4.19. The lowest BCUT2D eigenvalue weighted by atomic mass is 9.91. The monoisotopic (exact) mass is 254 g/mol. The molecule has 106 valence electrons. The summed E-state index contributed by atoms with van der Waals surface area (Å²) in [6, 6.07) is 1.24. The highest BCUT2D eigenvalue weighted by Crippen LogP contribution is 2.20. The maximum Gasteiger partial charge on any atom is 0.0110 e. The van der Waals surface area contributed by atoms with E-state index in [2.05, 4.69) is 28.8 Å². The standard InChI is InChI=1S/C14H30N4/c1-16-7-10-18(11-8-16)12-9-17(2)14-5-3-13(15)4-6-14/h13-14H,3-12,15H2,1-2H3. The van der Waals surface area contributed by atoms with Gasteiger partial charge in [-0.2, -0.15) is 0 Å². The van der Waals surface area contributed by atoms with Crippen LogP contribution < -0.4 is 5.73 Å². The number of nitrogens with zero attached hydrogens (tertiary/aromatic N) is 3. The van der Waals surface area contributed by atoms with Crippen molar-refractivity contribution >= 4 is 0 Å². The highest BCUT2D eigenvalue weighted by molar-refractivity contribution is 4.80. The molecule has 4 nitrogen and oxygen atoms in total. The third-order valence-corrected chi connectivity index (χ3v) is 4.73. The molecule has 0 aromatic heterocycles. The second-order valence-corrected chi connectivity index (χ2v) is 6.19. The fourth-order valence-electron chi connectivity index (χ4n) is 3.10. The van der Waals surface area contributed by atoms with Crippen molar-refractivity contribution in [2.45, 2.75) is 37.8 Å². The number of hydrogen-bond acceptors (Lipinski definition) is 4. The van der Waals surface area contributed by atoms with Gasteiger partial charge < -0.3 is 15.5 Å². The highest BCUT2D eigenvalue weighted by atomic mass is 15.3. The average Bonchev–Trinajstić information content (AvgIpc) is 2.38. The van der Waals surface area contributed by atoms with Crippen LogP contribution >= 0.6 is 0 Å². The molecule has 2 N–H and O–H groups in total. The van der Waals surface area contributed by atoms with Crippen molar-refractivity contribution in [2.75, 3.05) is 53.4 Å². The van der Waals surface area contributed by atoms with E-state index in [1.807, 2.05) is 0 Å². The molecule has 0 spiro atoms. The van der Waals surface area contributed by atoms with Crippen LogP contribution in [-0.2, 0) is 0 Å². The summed E-state index contributed by atoms with van der Waals surface area (Å²) < 4.78 is 0. The lowest BCUT2D eigenvalue weighted by Crippen LogP contribution is -2.48. The lowest BCUT2D eigenvalue weighted by Gasteiger charge is -2.36. The zero-order valence-electron chi connectivity index (χ0n) is 12.1. The molecule has 1 aliphatic heterocycles. The molecule has 1 saturated carbocycles. The Morgan fingerprint density at radius 2 is 1.67 bits per heavy atom. The molecule has 2 aliphatic rings. The van der Waals surface area contributed by atoms with Crippen LogP contribution in [0, 0.1) is 0 Å². The van der Waals surface area contributed by atoms with Crippen molar-refractivity contribution in [3.8, 4) is 0 Å². The molecule has 2 rings (SSSR count). The Labute approximate surface area is 112 Å². The molecule has 18 heavy (non-hydrogen) atoms. The first-order chi connectivity index (χ1) is 8.65. The van der Waals surface area contributed by atoms with Gasteiger partial charge in [0.2, 0.25) is 0 Å². The second-order valence-electron chi connectivity index (χ2n) is 6.19. The van der Waals surface area contributed by atoms with E-state index in [1.54, 1.807) is 0 Å². The van der Waals surface area contributed by atoms with Crippen LogP contribution in [0.2, 0.25) is 0 Å². The van der Waals surface area contributed by atoms with Gasteiger partial charge in [-0.25, -0.2) is 0 Å². The Morgan fingerprint density at radius 1 is 1.06 bits per heavy atom. The third-order valence-electron chi connectivity index (χ3n) is 4.73. The predicted octanol–water partition coefficient (Wildman–Crippen LogP) is 0.436. The molecule has 0 bridgehead atoms. The fourth-order valence-corrected chi connectivity index (χ4v) is 3.10. The van der Waals surface area contributed by atoms with Crippen molar-refractivity contribution in [1.82, 2.24) is 14.7 Å². The molecule has 0 amide bonds. The maximum atomic E-state index is 5.97. The van der Waals surface area contributed by atoms with Gasteiger partial charge in [0.25, 0.3) is 0 Å². The van der Waals surface area contributed by atoms with Crippen LogP contribution in [0.5, 0.6) is 0 Å². The highest BCUT2D eigenvalue weighted by Gasteiger charge is 2.22. The quantitative estimate of drug-likeness (QED) is 0.789. The van der Waals surface area contributed by atoms with Gasteiger partial charge in [-0.05, 0) is 39.8 Å². The molecule has 0 atom stereocenters. The summed E-state index contributed by atoms with van der Waals surface area (Å²) in [7, 11) is 4.51. The molecule has 1 aliphatic carbocycles. The van der Waals surface area contributed by atoms with Crippen molar-refractivity contribution in [3.63, 3.8) is 0 Å². The number of piperazine rings is 1. The minimum absolute atomic E-state index is 0.465. The van der Waals surface area contributed by atoms with E-state index in [9.17, 15) is 0 Å². The predicted molar refractivity (Wildman–Crippen MR) is 76.8 cm³/mol. The van der Waals surface area contributed by atoms with Crippen LogP contribution in [0.4, 0.5) is 0 Å². The maximum absolute atomic E-state index is 5.97. The van der Waals surface area contributed by atoms with Gasteiger partial charge in [0.05, 0.1) is 0 Å². The smallest absolute Gasteiger partial charge is 0.0110 e. The summed E-state index contributed by atoms with van der Waals surface area (Å²) in [5.41, 5.74) is 5.97. The normalized spacial score (nSPS) is 32.0. The van der Waals surface area contributed by atoms with E-state index in [0.717, 1.165) is 6.04 Å². The van der Waals surface area contributed by atoms with Gasteiger partial charge in [-0.3, -0.25) is 4.90 Å². The SMILES string of the molecule is CN1CCN(CCN(C)C2CCC(N)CC2)CC1. The topological polar surface area (TPSA) is 35.7 Å². The Balaban J connectivity index is 1.63. The number of rotatable bonds is 4. The summed E-state index contributed by atoms with van der Waals surface area (Å²) in [4.78, 5) is 7.58. The molecule has 1 heterocycles. The van der Waals surface area contributed by atoms with Crippen LogP contribution in [0.3, 0.4) is 0 Å². The van der Waals surface area contributed by atoms with Gasteiger partial charge in [-0.1, -0.05) is 0 Å². The van der Waals surface area contributed by atoms with Crippen molar-refractivity contribution < 1.29 is 0 Å². The minimum Gasteiger partial charge on any atom is -0.328 e. The first-order valence-corrected chi connectivity index (χ1v) is 7.52. The van der Waals surface area contributed by atoms with Crippen LogP contribution in [-0.4, -0.2) is 80.1 Å². The zero-order valence-corrected chi connectivity index (χ0v) is 12.1. The summed E-state index contributed by atoms with van der Waals surface area (Å²) in [5.74, 6) is 0. The summed E-state index contributed by atoms with van der Waals surface area (Å²) in [6.07, 6.45) is 5.01. The first kappa shape index (κ1) is 14.3. The van der Waals surface area contributed by atoms with Crippen molar-refractivity contribution in [3.05, 3.63) is 0 Å². The molecule has 0 radical (unpaired) electrons. The fraction of sp³-hybridized carbons (Fsp3) is 1.00. The minimum atomic E-state index is 0.465. The first-order valence-electron chi connectivity index (χ1n) is 7.52. The van der Waals surface area contributed by atoms with Gasteiger partial charge in [0.15, 0.2) is 0 Å². The summed E-state index contributed by atoms with van der Waals surface area (Å²) >= 11 is 0. The molecule has 0 unspecified atom stereocenters. The molecule has 0 aromatic rings. The van der Waals surface area contributed by atoms with Crippen LogP contribution in [0.25, 0.3) is 0 Å². The lowest BCUT2D eigenvalue weighted by molar-refractivity contribution is 0.119. The molecule has 4 heteroatoms. The largest absolute Gasteiger partial charge is 0.328 e.